The molecule has 0 N–H and O–H groups in total. The second-order valence-corrected chi connectivity index (χ2v) is 4.16. The number of nitriles is 1. The average molecular weight is 217 g/mol. The second kappa shape index (κ2) is 8.08. The summed E-state index contributed by atoms with van der Waals surface area (Å²) in [7, 11) is 0. The molecule has 0 saturated heterocycles. The minimum Gasteiger partial charge on any atom is -0.301 e. The first-order valence-corrected chi connectivity index (χ1v) is 5.87. The molecule has 82 valence electrons. The zero-order valence-electron chi connectivity index (χ0n) is 9.46. The molecule has 0 aromatic carbocycles. The Hall–Kier alpha value is -0.260. The average Bonchev–Trinajstić information content (AvgIpc) is 2.23. The molecule has 1 atom stereocenters. The van der Waals surface area contributed by atoms with Crippen LogP contribution in [0.3, 0.4) is 0 Å². The third-order valence-electron chi connectivity index (χ3n) is 2.68. The van der Waals surface area contributed by atoms with Crippen LogP contribution in [0.25, 0.3) is 0 Å². The van der Waals surface area contributed by atoms with E-state index >= 15 is 0 Å². The molecule has 0 aliphatic heterocycles. The van der Waals surface area contributed by atoms with Crippen LogP contribution in [0.2, 0.25) is 0 Å². The van der Waals surface area contributed by atoms with Crippen LogP contribution in [-0.4, -0.2) is 29.9 Å². The Bertz CT molecular complexity index is 173. The summed E-state index contributed by atoms with van der Waals surface area (Å²) in [4.78, 5) is 2.26. The fourth-order valence-electron chi connectivity index (χ4n) is 1.51. The molecule has 0 rings (SSSR count). The van der Waals surface area contributed by atoms with Crippen molar-refractivity contribution in [3.63, 3.8) is 0 Å². The summed E-state index contributed by atoms with van der Waals surface area (Å²) in [5, 5.41) is 8.25. The number of alkyl halides is 1. The Balaban J connectivity index is 3.95. The Morgan fingerprint density at radius 2 is 1.79 bits per heavy atom. The standard InChI is InChI=1S/C11H21ClN2/c1-4-10(5-2)8-14(6-3)9-11(12)7-13/h10-11H,4-6,8-9H2,1-3H3. The maximum atomic E-state index is 8.62. The number of rotatable bonds is 7. The monoisotopic (exact) mass is 216 g/mol. The highest BCUT2D eigenvalue weighted by molar-refractivity contribution is 6.22. The fraction of sp³-hybridized carbons (Fsp3) is 0.909. The van der Waals surface area contributed by atoms with E-state index in [1.54, 1.807) is 0 Å². The smallest absolute Gasteiger partial charge is 0.133 e. The molecule has 0 saturated carbocycles. The van der Waals surface area contributed by atoms with Crippen molar-refractivity contribution in [1.29, 1.82) is 5.26 Å². The van der Waals surface area contributed by atoms with Crippen molar-refractivity contribution in [1.82, 2.24) is 4.90 Å². The highest BCUT2D eigenvalue weighted by atomic mass is 35.5. The van der Waals surface area contributed by atoms with Crippen molar-refractivity contribution in [3.05, 3.63) is 0 Å². The molecule has 0 aliphatic rings. The zero-order valence-corrected chi connectivity index (χ0v) is 10.2. The van der Waals surface area contributed by atoms with Gasteiger partial charge in [-0.3, -0.25) is 0 Å². The summed E-state index contributed by atoms with van der Waals surface area (Å²) >= 11 is 5.81. The molecule has 0 heterocycles. The minimum absolute atomic E-state index is 0.371. The van der Waals surface area contributed by atoms with Gasteiger partial charge in [-0.05, 0) is 12.5 Å². The van der Waals surface area contributed by atoms with Crippen molar-refractivity contribution < 1.29 is 0 Å². The normalized spacial score (nSPS) is 13.2. The lowest BCUT2D eigenvalue weighted by molar-refractivity contribution is 0.239. The quantitative estimate of drug-likeness (QED) is 0.612. The van der Waals surface area contributed by atoms with Crippen LogP contribution < -0.4 is 0 Å². The fourth-order valence-corrected chi connectivity index (χ4v) is 1.71. The Labute approximate surface area is 92.8 Å². The molecule has 0 aromatic rings. The largest absolute Gasteiger partial charge is 0.301 e. The van der Waals surface area contributed by atoms with Crippen LogP contribution in [0.1, 0.15) is 33.6 Å². The Morgan fingerprint density at radius 3 is 2.14 bits per heavy atom. The number of halogens is 1. The maximum Gasteiger partial charge on any atom is 0.133 e. The van der Waals surface area contributed by atoms with Gasteiger partial charge >= 0.3 is 0 Å². The maximum absolute atomic E-state index is 8.62. The first-order valence-electron chi connectivity index (χ1n) is 5.43. The summed E-state index contributed by atoms with van der Waals surface area (Å²) in [6, 6.07) is 2.06. The molecule has 0 amide bonds. The number of hydrogen-bond donors (Lipinski definition) is 0. The van der Waals surface area contributed by atoms with Crippen molar-refractivity contribution in [2.75, 3.05) is 19.6 Å². The van der Waals surface area contributed by atoms with E-state index in [1.165, 1.54) is 12.8 Å². The molecule has 0 radical (unpaired) electrons. The predicted octanol–water partition coefficient (Wildman–Crippen LogP) is 2.88. The van der Waals surface area contributed by atoms with Gasteiger partial charge in [0.2, 0.25) is 0 Å². The molecule has 0 fully saturated rings. The molecule has 2 nitrogen and oxygen atoms in total. The predicted molar refractivity (Wildman–Crippen MR) is 61.4 cm³/mol. The van der Waals surface area contributed by atoms with Gasteiger partial charge < -0.3 is 4.90 Å². The van der Waals surface area contributed by atoms with E-state index in [1.807, 2.05) is 0 Å². The van der Waals surface area contributed by atoms with E-state index in [9.17, 15) is 0 Å². The van der Waals surface area contributed by atoms with Crippen LogP contribution in [0, 0.1) is 17.2 Å². The van der Waals surface area contributed by atoms with Crippen molar-refractivity contribution in [2.45, 2.75) is 39.0 Å². The van der Waals surface area contributed by atoms with Gasteiger partial charge in [-0.1, -0.05) is 33.6 Å². The van der Waals surface area contributed by atoms with E-state index in [0.29, 0.717) is 6.54 Å². The number of hydrogen-bond acceptors (Lipinski definition) is 2. The summed E-state index contributed by atoms with van der Waals surface area (Å²) in [5.74, 6) is 0.734. The van der Waals surface area contributed by atoms with Gasteiger partial charge in [0.1, 0.15) is 5.38 Å². The number of nitrogens with zero attached hydrogens (tertiary/aromatic N) is 2. The Kier molecular flexibility index (Phi) is 7.93. The van der Waals surface area contributed by atoms with Gasteiger partial charge in [0.05, 0.1) is 6.07 Å². The molecule has 1 unspecified atom stereocenters. The van der Waals surface area contributed by atoms with E-state index in [0.717, 1.165) is 19.0 Å². The van der Waals surface area contributed by atoms with Gasteiger partial charge in [0.25, 0.3) is 0 Å². The lowest BCUT2D eigenvalue weighted by Gasteiger charge is -2.25. The molecular formula is C11H21ClN2. The highest BCUT2D eigenvalue weighted by Crippen LogP contribution is 2.10. The molecule has 0 aliphatic carbocycles. The van der Waals surface area contributed by atoms with E-state index in [4.69, 9.17) is 16.9 Å². The first kappa shape index (κ1) is 13.7. The van der Waals surface area contributed by atoms with E-state index < -0.39 is 0 Å². The molecule has 0 spiro atoms. The van der Waals surface area contributed by atoms with Gasteiger partial charge in [-0.25, -0.2) is 0 Å². The SMILES string of the molecule is CCC(CC)CN(CC)CC(Cl)C#N. The van der Waals surface area contributed by atoms with Crippen LogP contribution in [0.15, 0.2) is 0 Å². The van der Waals surface area contributed by atoms with Gasteiger partial charge in [-0.15, -0.1) is 11.6 Å². The molecular weight excluding hydrogens is 196 g/mol. The van der Waals surface area contributed by atoms with Gasteiger partial charge in [0, 0.05) is 13.1 Å². The third kappa shape index (κ3) is 5.47. The molecule has 14 heavy (non-hydrogen) atoms. The highest BCUT2D eigenvalue weighted by Gasteiger charge is 2.13. The van der Waals surface area contributed by atoms with Crippen LogP contribution in [0.5, 0.6) is 0 Å². The van der Waals surface area contributed by atoms with Crippen LogP contribution in [-0.2, 0) is 0 Å². The zero-order chi connectivity index (χ0) is 11.0. The minimum atomic E-state index is -0.371. The summed E-state index contributed by atoms with van der Waals surface area (Å²) in [6.45, 7) is 9.26. The van der Waals surface area contributed by atoms with E-state index in [-0.39, 0.29) is 5.38 Å². The van der Waals surface area contributed by atoms with Crippen molar-refractivity contribution in [3.8, 4) is 6.07 Å². The van der Waals surface area contributed by atoms with Crippen molar-refractivity contribution >= 4 is 11.6 Å². The van der Waals surface area contributed by atoms with Crippen molar-refractivity contribution in [2.24, 2.45) is 5.92 Å². The summed E-state index contributed by atoms with van der Waals surface area (Å²) < 4.78 is 0. The molecule has 3 heteroatoms. The molecule has 0 bridgehead atoms. The first-order chi connectivity index (χ1) is 6.67. The lowest BCUT2D eigenvalue weighted by atomic mass is 10.0. The van der Waals surface area contributed by atoms with E-state index in [2.05, 4.69) is 31.7 Å². The third-order valence-corrected chi connectivity index (χ3v) is 2.91. The second-order valence-electron chi connectivity index (χ2n) is 3.63. The van der Waals surface area contributed by atoms with Crippen LogP contribution in [0.4, 0.5) is 0 Å². The lowest BCUT2D eigenvalue weighted by Crippen LogP contribution is -2.33. The molecule has 0 aromatic heterocycles. The van der Waals surface area contributed by atoms with Gasteiger partial charge in [-0.2, -0.15) is 5.26 Å². The van der Waals surface area contributed by atoms with Crippen LogP contribution >= 0.6 is 11.6 Å². The Morgan fingerprint density at radius 1 is 1.21 bits per heavy atom. The summed E-state index contributed by atoms with van der Waals surface area (Å²) in [5.41, 5.74) is 0. The summed E-state index contributed by atoms with van der Waals surface area (Å²) in [6.07, 6.45) is 2.40. The van der Waals surface area contributed by atoms with Gasteiger partial charge in [0.15, 0.2) is 0 Å². The topological polar surface area (TPSA) is 27.0 Å².